The zero-order valence-electron chi connectivity index (χ0n) is 14.1. The summed E-state index contributed by atoms with van der Waals surface area (Å²) in [4.78, 5) is 14.3. The van der Waals surface area contributed by atoms with Crippen molar-refractivity contribution in [1.29, 1.82) is 0 Å². The zero-order chi connectivity index (χ0) is 19.6. The molecule has 0 atom stereocenters. The fourth-order valence-electron chi connectivity index (χ4n) is 2.78. The number of halogens is 2. The van der Waals surface area contributed by atoms with Gasteiger partial charge in [0, 0.05) is 30.5 Å². The second-order valence-electron chi connectivity index (χ2n) is 5.94. The van der Waals surface area contributed by atoms with Gasteiger partial charge in [-0.15, -0.1) is 0 Å². The smallest absolute Gasteiger partial charge is 0.257 e. The number of hydrogen-bond donors (Lipinski definition) is 2. The number of nitrogens with one attached hydrogen (secondary N) is 1. The van der Waals surface area contributed by atoms with Crippen LogP contribution < -0.4 is 15.4 Å². The SMILES string of the molecule is NS(=O)(=O)c1ccc(N2CCOCC2)c(C(=O)Nc2cc(F)cc(F)c2)c1. The standard InChI is InChI=1S/C17H17F2N3O4S/c18-11-7-12(19)9-13(8-11)21-17(23)15-10-14(27(20,24)25)1-2-16(15)22-3-5-26-6-4-22/h1-2,7-10H,3-6H2,(H,21,23)(H2,20,24,25). The Labute approximate surface area is 154 Å². The minimum Gasteiger partial charge on any atom is -0.378 e. The molecule has 0 radical (unpaired) electrons. The van der Waals surface area contributed by atoms with Crippen molar-refractivity contribution in [3.05, 3.63) is 53.6 Å². The summed E-state index contributed by atoms with van der Waals surface area (Å²) in [6.45, 7) is 1.91. The van der Waals surface area contributed by atoms with Crippen molar-refractivity contribution in [2.24, 2.45) is 5.14 Å². The molecule has 0 saturated carbocycles. The van der Waals surface area contributed by atoms with E-state index in [9.17, 15) is 22.0 Å². The summed E-state index contributed by atoms with van der Waals surface area (Å²) in [6, 6.07) is 6.52. The molecular weight excluding hydrogens is 380 g/mol. The highest BCUT2D eigenvalue weighted by Gasteiger charge is 2.22. The first-order valence-corrected chi connectivity index (χ1v) is 9.56. The van der Waals surface area contributed by atoms with Crippen LogP contribution in [0.3, 0.4) is 0 Å². The lowest BCUT2D eigenvalue weighted by atomic mass is 10.1. The molecule has 10 heteroatoms. The van der Waals surface area contributed by atoms with E-state index in [1.165, 1.54) is 12.1 Å². The molecule has 0 aliphatic carbocycles. The van der Waals surface area contributed by atoms with Crippen LogP contribution in [-0.2, 0) is 14.8 Å². The Morgan fingerprint density at radius 3 is 2.30 bits per heavy atom. The van der Waals surface area contributed by atoms with Crippen molar-refractivity contribution in [3.8, 4) is 0 Å². The lowest BCUT2D eigenvalue weighted by Crippen LogP contribution is -2.37. The van der Waals surface area contributed by atoms with Gasteiger partial charge in [0.15, 0.2) is 0 Å². The number of carbonyl (C=O) groups is 1. The Hall–Kier alpha value is -2.56. The molecule has 2 aromatic rings. The summed E-state index contributed by atoms with van der Waals surface area (Å²) in [6.07, 6.45) is 0. The average Bonchev–Trinajstić information content (AvgIpc) is 2.60. The summed E-state index contributed by atoms with van der Waals surface area (Å²) >= 11 is 0. The molecular formula is C17H17F2N3O4S. The zero-order valence-corrected chi connectivity index (χ0v) is 14.9. The third-order valence-electron chi connectivity index (χ3n) is 4.01. The molecule has 3 rings (SSSR count). The van der Waals surface area contributed by atoms with Gasteiger partial charge >= 0.3 is 0 Å². The molecule has 0 bridgehead atoms. The molecule has 2 aromatic carbocycles. The molecule has 1 amide bonds. The molecule has 144 valence electrons. The molecule has 1 heterocycles. The highest BCUT2D eigenvalue weighted by molar-refractivity contribution is 7.89. The largest absolute Gasteiger partial charge is 0.378 e. The minimum absolute atomic E-state index is 0.0214. The van der Waals surface area contributed by atoms with Gasteiger partial charge in [0.1, 0.15) is 11.6 Å². The average molecular weight is 397 g/mol. The highest BCUT2D eigenvalue weighted by Crippen LogP contribution is 2.26. The van der Waals surface area contributed by atoms with Crippen molar-refractivity contribution in [3.63, 3.8) is 0 Å². The van der Waals surface area contributed by atoms with Crippen LogP contribution in [0.15, 0.2) is 41.3 Å². The summed E-state index contributed by atoms with van der Waals surface area (Å²) in [5.41, 5.74) is 0.402. The van der Waals surface area contributed by atoms with Crippen LogP contribution in [0.2, 0.25) is 0 Å². The van der Waals surface area contributed by atoms with Gasteiger partial charge in [-0.25, -0.2) is 22.3 Å². The van der Waals surface area contributed by atoms with Gasteiger partial charge in [0.25, 0.3) is 5.91 Å². The Kier molecular flexibility index (Phi) is 5.40. The molecule has 1 aliphatic rings. The van der Waals surface area contributed by atoms with E-state index in [2.05, 4.69) is 5.32 Å². The normalized spacial score (nSPS) is 14.9. The van der Waals surface area contributed by atoms with Crippen molar-refractivity contribution in [2.45, 2.75) is 4.90 Å². The van der Waals surface area contributed by atoms with Crippen LogP contribution in [-0.4, -0.2) is 40.6 Å². The van der Waals surface area contributed by atoms with E-state index >= 15 is 0 Å². The third-order valence-corrected chi connectivity index (χ3v) is 4.92. The van der Waals surface area contributed by atoms with E-state index in [0.29, 0.717) is 38.1 Å². The molecule has 3 N–H and O–H groups in total. The molecule has 0 unspecified atom stereocenters. The number of morpholine rings is 1. The Balaban J connectivity index is 2.00. The summed E-state index contributed by atoms with van der Waals surface area (Å²) in [7, 11) is -4.04. The predicted octanol–water partition coefficient (Wildman–Crippen LogP) is 1.70. The Morgan fingerprint density at radius 1 is 1.07 bits per heavy atom. The van der Waals surface area contributed by atoms with Crippen LogP contribution in [0.5, 0.6) is 0 Å². The lowest BCUT2D eigenvalue weighted by molar-refractivity contribution is 0.102. The molecule has 0 spiro atoms. The van der Waals surface area contributed by atoms with Crippen LogP contribution in [0.1, 0.15) is 10.4 Å². The van der Waals surface area contributed by atoms with Crippen LogP contribution in [0, 0.1) is 11.6 Å². The lowest BCUT2D eigenvalue weighted by Gasteiger charge is -2.30. The number of sulfonamides is 1. The maximum Gasteiger partial charge on any atom is 0.257 e. The fraction of sp³-hybridized carbons (Fsp3) is 0.235. The molecule has 1 saturated heterocycles. The van der Waals surface area contributed by atoms with Gasteiger partial charge in [0.2, 0.25) is 10.0 Å². The molecule has 27 heavy (non-hydrogen) atoms. The maximum atomic E-state index is 13.4. The van der Waals surface area contributed by atoms with Crippen LogP contribution >= 0.6 is 0 Å². The first-order valence-electron chi connectivity index (χ1n) is 8.01. The van der Waals surface area contributed by atoms with E-state index in [1.807, 2.05) is 4.90 Å². The van der Waals surface area contributed by atoms with Gasteiger partial charge in [-0.1, -0.05) is 0 Å². The summed E-state index contributed by atoms with van der Waals surface area (Å²) in [5, 5.41) is 7.54. The quantitative estimate of drug-likeness (QED) is 0.818. The van der Waals surface area contributed by atoms with E-state index < -0.39 is 27.6 Å². The van der Waals surface area contributed by atoms with Gasteiger partial charge in [-0.2, -0.15) is 0 Å². The first kappa shape index (κ1) is 19.2. The van der Waals surface area contributed by atoms with Gasteiger partial charge in [-0.3, -0.25) is 4.79 Å². The molecule has 1 aliphatic heterocycles. The minimum atomic E-state index is -4.04. The summed E-state index contributed by atoms with van der Waals surface area (Å²) < 4.78 is 55.3. The highest BCUT2D eigenvalue weighted by atomic mass is 32.2. The van der Waals surface area contributed by atoms with Crippen molar-refractivity contribution in [1.82, 2.24) is 0 Å². The van der Waals surface area contributed by atoms with E-state index in [1.54, 1.807) is 0 Å². The number of amides is 1. The molecule has 1 fully saturated rings. The molecule has 7 nitrogen and oxygen atoms in total. The van der Waals surface area contributed by atoms with Gasteiger partial charge in [0.05, 0.1) is 23.7 Å². The second kappa shape index (κ2) is 7.59. The van der Waals surface area contributed by atoms with Crippen LogP contribution in [0.4, 0.5) is 20.2 Å². The number of rotatable bonds is 4. The Bertz CT molecular complexity index is 956. The van der Waals surface area contributed by atoms with Crippen LogP contribution in [0.25, 0.3) is 0 Å². The van der Waals surface area contributed by atoms with Crippen molar-refractivity contribution < 1.29 is 26.7 Å². The van der Waals surface area contributed by atoms with E-state index in [0.717, 1.165) is 18.2 Å². The molecule has 0 aromatic heterocycles. The number of primary sulfonamides is 1. The predicted molar refractivity (Wildman–Crippen MR) is 95.2 cm³/mol. The number of anilines is 2. The second-order valence-corrected chi connectivity index (χ2v) is 7.50. The van der Waals surface area contributed by atoms with Crippen molar-refractivity contribution in [2.75, 3.05) is 36.5 Å². The van der Waals surface area contributed by atoms with E-state index in [-0.39, 0.29) is 16.1 Å². The summed E-state index contributed by atoms with van der Waals surface area (Å²) in [5.74, 6) is -2.42. The first-order chi connectivity index (χ1) is 12.7. The monoisotopic (exact) mass is 397 g/mol. The number of ether oxygens (including phenoxy) is 1. The number of carbonyl (C=O) groups excluding carboxylic acids is 1. The van der Waals surface area contributed by atoms with Gasteiger partial charge in [-0.05, 0) is 30.3 Å². The number of hydrogen-bond acceptors (Lipinski definition) is 5. The maximum absolute atomic E-state index is 13.4. The third kappa shape index (κ3) is 4.59. The number of nitrogens with zero attached hydrogens (tertiary/aromatic N) is 1. The number of nitrogens with two attached hydrogens (primary N) is 1. The number of benzene rings is 2. The fourth-order valence-corrected chi connectivity index (χ4v) is 3.32. The van der Waals surface area contributed by atoms with Crippen molar-refractivity contribution >= 4 is 27.3 Å². The Morgan fingerprint density at radius 2 is 1.70 bits per heavy atom. The van der Waals surface area contributed by atoms with Gasteiger partial charge < -0.3 is 15.0 Å². The topological polar surface area (TPSA) is 102 Å². The van der Waals surface area contributed by atoms with E-state index in [4.69, 9.17) is 9.88 Å².